The van der Waals surface area contributed by atoms with E-state index in [1.165, 1.54) is 0 Å². The zero-order chi connectivity index (χ0) is 13.0. The van der Waals surface area contributed by atoms with Gasteiger partial charge in [0.25, 0.3) is 0 Å². The molecule has 0 radical (unpaired) electrons. The fourth-order valence-corrected chi connectivity index (χ4v) is 2.89. The molecular weight excluding hydrogens is 246 g/mol. The topological polar surface area (TPSA) is 49.3 Å². The third kappa shape index (κ3) is 3.21. The van der Waals surface area contributed by atoms with E-state index in [1.807, 2.05) is 16.8 Å². The Morgan fingerprint density at radius 1 is 1.61 bits per heavy atom. The molecule has 2 N–H and O–H groups in total. The number of hydrogen-bond donors (Lipinski definition) is 2. The van der Waals surface area contributed by atoms with E-state index >= 15 is 0 Å². The van der Waals surface area contributed by atoms with E-state index in [9.17, 15) is 9.90 Å². The van der Waals surface area contributed by atoms with Crippen molar-refractivity contribution in [2.24, 2.45) is 5.92 Å². The van der Waals surface area contributed by atoms with Crippen molar-refractivity contribution in [1.82, 2.24) is 5.32 Å². The summed E-state index contributed by atoms with van der Waals surface area (Å²) in [6, 6.07) is 1.89. The number of thiophene rings is 1. The minimum atomic E-state index is -0.986. The molecule has 0 aromatic carbocycles. The van der Waals surface area contributed by atoms with Crippen LogP contribution in [0.4, 0.5) is 0 Å². The summed E-state index contributed by atoms with van der Waals surface area (Å²) in [6.07, 6.45) is 6.87. The molecule has 1 aromatic rings. The second kappa shape index (κ2) is 5.67. The van der Waals surface area contributed by atoms with Crippen molar-refractivity contribution < 1.29 is 9.90 Å². The average molecular weight is 265 g/mol. The Hall–Kier alpha value is -1.13. The summed E-state index contributed by atoms with van der Waals surface area (Å²) in [6.45, 7) is 2.00. The van der Waals surface area contributed by atoms with Gasteiger partial charge in [0, 0.05) is 5.92 Å². The predicted molar refractivity (Wildman–Crippen MR) is 73.4 cm³/mol. The molecule has 98 valence electrons. The van der Waals surface area contributed by atoms with Gasteiger partial charge >= 0.3 is 0 Å². The molecule has 1 amide bonds. The van der Waals surface area contributed by atoms with Crippen molar-refractivity contribution in [2.75, 3.05) is 6.54 Å². The number of carbonyl (C=O) groups excluding carboxylic acids is 1. The molecule has 2 unspecified atom stereocenters. The van der Waals surface area contributed by atoms with Gasteiger partial charge in [0.2, 0.25) is 5.91 Å². The lowest BCUT2D eigenvalue weighted by atomic mass is 9.93. The van der Waals surface area contributed by atoms with Crippen LogP contribution >= 0.6 is 11.3 Å². The van der Waals surface area contributed by atoms with Crippen LogP contribution in [0.3, 0.4) is 0 Å². The molecule has 2 atom stereocenters. The van der Waals surface area contributed by atoms with E-state index in [-0.39, 0.29) is 18.4 Å². The van der Waals surface area contributed by atoms with E-state index in [2.05, 4.69) is 17.5 Å². The minimum Gasteiger partial charge on any atom is -0.384 e. The number of aliphatic hydroxyl groups is 1. The lowest BCUT2D eigenvalue weighted by molar-refractivity contribution is -0.126. The summed E-state index contributed by atoms with van der Waals surface area (Å²) in [5.41, 5.74) is -0.128. The van der Waals surface area contributed by atoms with Gasteiger partial charge < -0.3 is 10.4 Å². The first kappa shape index (κ1) is 13.3. The molecule has 18 heavy (non-hydrogen) atoms. The molecule has 0 saturated carbocycles. The van der Waals surface area contributed by atoms with Crippen LogP contribution in [0.15, 0.2) is 29.0 Å². The molecule has 1 aromatic heterocycles. The molecule has 0 fully saturated rings. The van der Waals surface area contributed by atoms with Gasteiger partial charge in [0.05, 0.1) is 6.54 Å². The summed E-state index contributed by atoms with van der Waals surface area (Å²) < 4.78 is 0. The maximum Gasteiger partial charge on any atom is 0.223 e. The Bertz CT molecular complexity index is 423. The molecule has 3 nitrogen and oxygen atoms in total. The SMILES string of the molecule is CC(O)(CNC(=O)C1CC=CCC1)c1ccsc1. The number of hydrogen-bond acceptors (Lipinski definition) is 3. The molecule has 0 bridgehead atoms. The molecule has 1 heterocycles. The standard InChI is InChI=1S/C14H19NO2S/c1-14(17,12-7-8-18-9-12)10-15-13(16)11-5-3-2-4-6-11/h2-3,7-9,11,17H,4-6,10H2,1H3,(H,15,16). The molecule has 0 spiro atoms. The lowest BCUT2D eigenvalue weighted by Gasteiger charge is -2.25. The molecular formula is C14H19NO2S. The van der Waals surface area contributed by atoms with Crippen LogP contribution in [0.1, 0.15) is 31.7 Å². The smallest absolute Gasteiger partial charge is 0.223 e. The maximum absolute atomic E-state index is 12.0. The zero-order valence-corrected chi connectivity index (χ0v) is 11.4. The molecule has 1 aliphatic rings. The highest BCUT2D eigenvalue weighted by Crippen LogP contribution is 2.23. The van der Waals surface area contributed by atoms with Gasteiger partial charge in [0.1, 0.15) is 5.60 Å². The molecule has 1 aliphatic carbocycles. The Morgan fingerprint density at radius 2 is 2.44 bits per heavy atom. The van der Waals surface area contributed by atoms with Gasteiger partial charge in [-0.15, -0.1) is 0 Å². The number of rotatable bonds is 4. The van der Waals surface area contributed by atoms with Gasteiger partial charge in [-0.25, -0.2) is 0 Å². The molecule has 2 rings (SSSR count). The van der Waals surface area contributed by atoms with Crippen LogP contribution in [0.5, 0.6) is 0 Å². The average Bonchev–Trinajstić information content (AvgIpc) is 2.92. The molecule has 4 heteroatoms. The summed E-state index contributed by atoms with van der Waals surface area (Å²) in [5, 5.41) is 17.0. The van der Waals surface area contributed by atoms with Crippen molar-refractivity contribution in [3.63, 3.8) is 0 Å². The summed E-state index contributed by atoms with van der Waals surface area (Å²) in [5.74, 6) is 0.114. The predicted octanol–water partition coefficient (Wildman–Crippen LogP) is 2.43. The number of amides is 1. The van der Waals surface area contributed by atoms with Crippen molar-refractivity contribution in [2.45, 2.75) is 31.8 Å². The number of allylic oxidation sites excluding steroid dienone is 2. The van der Waals surface area contributed by atoms with Gasteiger partial charge in [-0.05, 0) is 48.6 Å². The number of carbonyl (C=O) groups is 1. The Balaban J connectivity index is 1.87. The van der Waals surface area contributed by atoms with Crippen LogP contribution in [-0.2, 0) is 10.4 Å². The van der Waals surface area contributed by atoms with Gasteiger partial charge in [-0.1, -0.05) is 12.2 Å². The summed E-state index contributed by atoms with van der Waals surface area (Å²) in [4.78, 5) is 12.0. The number of nitrogens with one attached hydrogen (secondary N) is 1. The first-order valence-corrected chi connectivity index (χ1v) is 7.21. The van der Waals surface area contributed by atoms with E-state index < -0.39 is 5.60 Å². The summed E-state index contributed by atoms with van der Waals surface area (Å²) in [7, 11) is 0. The normalized spacial score (nSPS) is 22.4. The van der Waals surface area contributed by atoms with E-state index in [0.717, 1.165) is 24.8 Å². The van der Waals surface area contributed by atoms with Gasteiger partial charge in [-0.3, -0.25) is 4.79 Å². The van der Waals surface area contributed by atoms with Crippen LogP contribution in [-0.4, -0.2) is 17.6 Å². The van der Waals surface area contributed by atoms with E-state index in [4.69, 9.17) is 0 Å². The highest BCUT2D eigenvalue weighted by Gasteiger charge is 2.26. The fraction of sp³-hybridized carbons (Fsp3) is 0.500. The third-order valence-electron chi connectivity index (χ3n) is 3.39. The maximum atomic E-state index is 12.0. The fourth-order valence-electron chi connectivity index (χ4n) is 2.11. The van der Waals surface area contributed by atoms with E-state index in [1.54, 1.807) is 18.3 Å². The first-order valence-electron chi connectivity index (χ1n) is 6.27. The summed E-state index contributed by atoms with van der Waals surface area (Å²) >= 11 is 1.55. The van der Waals surface area contributed by atoms with Gasteiger partial charge in [0.15, 0.2) is 0 Å². The minimum absolute atomic E-state index is 0.0508. The largest absolute Gasteiger partial charge is 0.384 e. The Kier molecular flexibility index (Phi) is 4.19. The third-order valence-corrected chi connectivity index (χ3v) is 4.07. The van der Waals surface area contributed by atoms with Crippen LogP contribution in [0, 0.1) is 5.92 Å². The zero-order valence-electron chi connectivity index (χ0n) is 10.6. The first-order chi connectivity index (χ1) is 8.59. The van der Waals surface area contributed by atoms with Gasteiger partial charge in [-0.2, -0.15) is 11.3 Å². The van der Waals surface area contributed by atoms with Crippen LogP contribution in [0.2, 0.25) is 0 Å². The molecule has 0 saturated heterocycles. The monoisotopic (exact) mass is 265 g/mol. The van der Waals surface area contributed by atoms with Crippen LogP contribution in [0.25, 0.3) is 0 Å². The highest BCUT2D eigenvalue weighted by atomic mass is 32.1. The second-order valence-electron chi connectivity index (χ2n) is 4.99. The van der Waals surface area contributed by atoms with E-state index in [0.29, 0.717) is 0 Å². The lowest BCUT2D eigenvalue weighted by Crippen LogP contribution is -2.41. The Morgan fingerprint density at radius 3 is 3.06 bits per heavy atom. The van der Waals surface area contributed by atoms with Crippen molar-refractivity contribution in [3.05, 3.63) is 34.5 Å². The van der Waals surface area contributed by atoms with Crippen molar-refractivity contribution in [3.8, 4) is 0 Å². The molecule has 0 aliphatic heterocycles. The Labute approximate surface area is 112 Å². The van der Waals surface area contributed by atoms with Crippen molar-refractivity contribution >= 4 is 17.2 Å². The van der Waals surface area contributed by atoms with Crippen LogP contribution < -0.4 is 5.32 Å². The quantitative estimate of drug-likeness (QED) is 0.821. The highest BCUT2D eigenvalue weighted by molar-refractivity contribution is 7.08. The second-order valence-corrected chi connectivity index (χ2v) is 5.77. The van der Waals surface area contributed by atoms with Crippen molar-refractivity contribution in [1.29, 1.82) is 0 Å².